The number of carbonyl (C=O) groups excluding carboxylic acids is 2. The Morgan fingerprint density at radius 2 is 1.35 bits per heavy atom. The maximum Gasteiger partial charge on any atom is 0.310 e. The van der Waals surface area contributed by atoms with E-state index in [1.165, 1.54) is 57.8 Å². The summed E-state index contributed by atoms with van der Waals surface area (Å²) in [6.45, 7) is 13.5. The molecule has 0 aromatic heterocycles. The quantitative estimate of drug-likeness (QED) is 0.0646. The normalized spacial score (nSPS) is 29.1. The largest absolute Gasteiger partial charge is 0.497 e. The van der Waals surface area contributed by atoms with Crippen LogP contribution in [0.15, 0.2) is 90.7 Å². The number of aliphatic hydroxyl groups is 1. The lowest BCUT2D eigenvalue weighted by Gasteiger charge is -2.60. The summed E-state index contributed by atoms with van der Waals surface area (Å²) >= 11 is 0. The first-order valence-electron chi connectivity index (χ1n) is 27.1. The number of ether oxygens (including phenoxy) is 4. The van der Waals surface area contributed by atoms with Crippen LogP contribution in [0.2, 0.25) is 0 Å². The topological polar surface area (TPSA) is 94.5 Å². The van der Waals surface area contributed by atoms with Gasteiger partial charge < -0.3 is 29.0 Å². The molecule has 1 heterocycles. The molecule has 4 aliphatic carbocycles. The maximum absolute atomic E-state index is 13.5. The molecule has 3 saturated carbocycles. The van der Waals surface area contributed by atoms with Crippen molar-refractivity contribution in [1.82, 2.24) is 4.90 Å². The van der Waals surface area contributed by atoms with Gasteiger partial charge in [-0.25, -0.2) is 0 Å². The summed E-state index contributed by atoms with van der Waals surface area (Å²) in [7, 11) is 3.31. The molecule has 5 aliphatic rings. The number of hydrogen-bond acceptors (Lipinski definition) is 7. The van der Waals surface area contributed by atoms with Crippen LogP contribution in [0.4, 0.5) is 0 Å². The second kappa shape index (κ2) is 22.5. The Balaban J connectivity index is 0.778. The number of hydrogen-bond donors (Lipinski definition) is 1. The number of esters is 1. The van der Waals surface area contributed by atoms with Crippen LogP contribution >= 0.6 is 0 Å². The Morgan fingerprint density at radius 3 is 2.00 bits per heavy atom. The van der Waals surface area contributed by atoms with Gasteiger partial charge in [0.2, 0.25) is 5.91 Å². The smallest absolute Gasteiger partial charge is 0.310 e. The first-order chi connectivity index (χ1) is 33.3. The van der Waals surface area contributed by atoms with Gasteiger partial charge in [-0.05, 0) is 157 Å². The zero-order valence-corrected chi connectivity index (χ0v) is 43.3. The number of benzene rings is 3. The van der Waals surface area contributed by atoms with Gasteiger partial charge in [-0.1, -0.05) is 121 Å². The molecule has 8 nitrogen and oxygen atoms in total. The van der Waals surface area contributed by atoms with Crippen molar-refractivity contribution in [1.29, 1.82) is 0 Å². The van der Waals surface area contributed by atoms with E-state index < -0.39 is 11.7 Å². The Bertz CT molecular complexity index is 2120. The number of allylic oxidation sites excluding steroid dienone is 2. The molecular weight excluding hydrogens is 859 g/mol. The number of methoxy groups -OCH3 is 2. The molecule has 376 valence electrons. The Hall–Kier alpha value is -4.14. The second-order valence-electron chi connectivity index (χ2n) is 23.1. The van der Waals surface area contributed by atoms with Crippen molar-refractivity contribution in [2.75, 3.05) is 33.9 Å². The number of likely N-dealkylation sites (tertiary alicyclic amines) is 1. The van der Waals surface area contributed by atoms with Gasteiger partial charge in [0.05, 0.1) is 26.9 Å². The number of rotatable bonds is 21. The van der Waals surface area contributed by atoms with E-state index in [2.05, 4.69) is 52.8 Å². The van der Waals surface area contributed by atoms with E-state index in [4.69, 9.17) is 18.9 Å². The zero-order valence-electron chi connectivity index (χ0n) is 43.3. The summed E-state index contributed by atoms with van der Waals surface area (Å²) in [4.78, 5) is 28.4. The molecule has 8 rings (SSSR count). The van der Waals surface area contributed by atoms with Gasteiger partial charge in [-0.3, -0.25) is 9.59 Å². The lowest BCUT2D eigenvalue weighted by molar-refractivity contribution is -0.141. The molecule has 1 saturated heterocycles. The minimum absolute atomic E-state index is 0.0534. The van der Waals surface area contributed by atoms with Crippen LogP contribution in [0.3, 0.4) is 0 Å². The fraction of sp³-hybridized carbons (Fsp3) is 0.639. The Morgan fingerprint density at radius 1 is 0.710 bits per heavy atom. The average Bonchev–Trinajstić information content (AvgIpc) is 3.92. The monoisotopic (exact) mass is 944 g/mol. The lowest BCUT2D eigenvalue weighted by Crippen LogP contribution is -2.52. The van der Waals surface area contributed by atoms with E-state index in [1.807, 2.05) is 66.7 Å². The van der Waals surface area contributed by atoms with Crippen molar-refractivity contribution in [3.63, 3.8) is 0 Å². The fourth-order valence-corrected chi connectivity index (χ4v) is 14.7. The highest BCUT2D eigenvalue weighted by Crippen LogP contribution is 2.68. The predicted octanol–water partition coefficient (Wildman–Crippen LogP) is 13.3. The van der Waals surface area contributed by atoms with Gasteiger partial charge in [0.1, 0.15) is 22.9 Å². The van der Waals surface area contributed by atoms with Gasteiger partial charge in [0.25, 0.3) is 0 Å². The Labute approximate surface area is 415 Å². The molecule has 4 fully saturated rings. The number of carbonyl (C=O) groups is 2. The van der Waals surface area contributed by atoms with Crippen LogP contribution in [0.5, 0.6) is 11.5 Å². The number of amides is 1. The van der Waals surface area contributed by atoms with Crippen LogP contribution in [0.25, 0.3) is 0 Å². The number of aliphatic hydroxyl groups excluding tert-OH is 1. The summed E-state index contributed by atoms with van der Waals surface area (Å²) < 4.78 is 24.1. The summed E-state index contributed by atoms with van der Waals surface area (Å²) in [5, 5.41) is 11.3. The Kier molecular flexibility index (Phi) is 16.7. The average molecular weight is 944 g/mol. The highest BCUT2D eigenvalue weighted by molar-refractivity contribution is 5.76. The van der Waals surface area contributed by atoms with E-state index in [1.54, 1.807) is 19.1 Å². The van der Waals surface area contributed by atoms with Crippen LogP contribution in [-0.2, 0) is 24.7 Å². The molecule has 1 amide bonds. The van der Waals surface area contributed by atoms with Gasteiger partial charge in [0.15, 0.2) is 0 Å². The SMILES string of the molecule is COc1ccc(C(OCC2CN(C(=O)CCCCCCC(=O)OC3=CC4CCC5C(CC[C@@]6(C)C5CC[C@@H]6C(C)CCCC(C)C)[C@@]4(C)CC3)CC2O)(c2ccccc2)c2ccc(OC)cc2)cc1. The second-order valence-corrected chi connectivity index (χ2v) is 23.1. The van der Waals surface area contributed by atoms with Crippen LogP contribution < -0.4 is 9.47 Å². The molecule has 3 aromatic carbocycles. The maximum atomic E-state index is 13.5. The van der Waals surface area contributed by atoms with Gasteiger partial charge in [0, 0.05) is 38.3 Å². The van der Waals surface area contributed by atoms with Gasteiger partial charge in [-0.15, -0.1) is 0 Å². The summed E-state index contributed by atoms with van der Waals surface area (Å²) in [6.07, 6.45) is 20.1. The first-order valence-corrected chi connectivity index (χ1v) is 27.1. The molecule has 10 atom stereocenters. The van der Waals surface area contributed by atoms with E-state index in [0.29, 0.717) is 36.1 Å². The summed E-state index contributed by atoms with van der Waals surface area (Å²) in [5.41, 5.74) is 2.61. The van der Waals surface area contributed by atoms with Crippen LogP contribution in [-0.4, -0.2) is 61.9 Å². The third-order valence-corrected chi connectivity index (χ3v) is 18.7. The minimum Gasteiger partial charge on any atom is -0.497 e. The van der Waals surface area contributed by atoms with Crippen molar-refractivity contribution in [2.45, 2.75) is 155 Å². The standard InChI is InChI=1S/C61H85NO7/c1-42(2)16-15-17-43(3)53-32-33-54-52-31-26-48-38-51(34-36-59(48,4)55(52)35-37-60(53,54)5)69-58(65)21-14-9-8-13-20-57(64)62-39-44(56(63)40-62)41-68-61(45-18-11-10-12-19-45,46-22-27-49(66-6)28-23-46)47-24-29-50(67-7)30-25-47/h10-12,18-19,22-25,27-30,38,42-44,48,52-56,63H,8-9,13-17,20-21,26,31-37,39-41H2,1-7H3/t43?,44?,48?,52?,53-,54?,55?,56?,59+,60-/m1/s1. The highest BCUT2D eigenvalue weighted by atomic mass is 16.5. The van der Waals surface area contributed by atoms with Crippen molar-refractivity contribution in [3.05, 3.63) is 107 Å². The van der Waals surface area contributed by atoms with Crippen molar-refractivity contribution in [2.24, 2.45) is 58.2 Å². The molecule has 69 heavy (non-hydrogen) atoms. The summed E-state index contributed by atoms with van der Waals surface area (Å²) in [6, 6.07) is 26.0. The van der Waals surface area contributed by atoms with Crippen molar-refractivity contribution in [3.8, 4) is 11.5 Å². The van der Waals surface area contributed by atoms with E-state index in [0.717, 1.165) is 108 Å². The van der Waals surface area contributed by atoms with E-state index in [-0.39, 0.29) is 30.9 Å². The number of nitrogens with zero attached hydrogens (tertiary/aromatic N) is 1. The molecular formula is C61H85NO7. The van der Waals surface area contributed by atoms with E-state index in [9.17, 15) is 14.7 Å². The summed E-state index contributed by atoms with van der Waals surface area (Å²) in [5.74, 6) is 7.64. The van der Waals surface area contributed by atoms with Crippen molar-refractivity contribution < 1.29 is 33.6 Å². The third-order valence-electron chi connectivity index (χ3n) is 18.7. The molecule has 1 aliphatic heterocycles. The first kappa shape index (κ1) is 51.2. The molecule has 7 unspecified atom stereocenters. The van der Waals surface area contributed by atoms with Gasteiger partial charge >= 0.3 is 5.97 Å². The van der Waals surface area contributed by atoms with E-state index >= 15 is 0 Å². The zero-order chi connectivity index (χ0) is 48.8. The minimum atomic E-state index is -0.999. The van der Waals surface area contributed by atoms with Crippen LogP contribution in [0, 0.1) is 58.2 Å². The number of β-amino-alcohol motifs (C(OH)–C–C–N with tert-alkyl or cyclic N) is 1. The predicted molar refractivity (Wildman–Crippen MR) is 275 cm³/mol. The van der Waals surface area contributed by atoms with Crippen molar-refractivity contribution >= 4 is 11.9 Å². The molecule has 1 N–H and O–H groups in total. The van der Waals surface area contributed by atoms with Gasteiger partial charge in [-0.2, -0.15) is 0 Å². The lowest BCUT2D eigenvalue weighted by atomic mass is 9.45. The van der Waals surface area contributed by atoms with Crippen LogP contribution in [0.1, 0.15) is 160 Å². The molecule has 0 radical (unpaired) electrons. The molecule has 0 spiro atoms. The molecule has 8 heteroatoms. The fourth-order valence-electron chi connectivity index (χ4n) is 14.7. The highest BCUT2D eigenvalue weighted by Gasteiger charge is 2.60. The number of unbranched alkanes of at least 4 members (excludes halogenated alkanes) is 3. The molecule has 3 aromatic rings. The molecule has 0 bridgehead atoms. The number of fused-ring (bicyclic) bond motifs is 5. The third kappa shape index (κ3) is 11.0.